The van der Waals surface area contributed by atoms with Gasteiger partial charge in [0.05, 0.1) is 11.3 Å². The van der Waals surface area contributed by atoms with E-state index in [1.807, 2.05) is 6.92 Å². The lowest BCUT2D eigenvalue weighted by molar-refractivity contribution is 0.0690. The van der Waals surface area contributed by atoms with Gasteiger partial charge in [0.2, 0.25) is 0 Å². The van der Waals surface area contributed by atoms with Crippen LogP contribution in [0.3, 0.4) is 0 Å². The quantitative estimate of drug-likeness (QED) is 0.865. The van der Waals surface area contributed by atoms with E-state index >= 15 is 0 Å². The molecule has 3 nitrogen and oxygen atoms in total. The molecule has 1 unspecified atom stereocenters. The molecule has 1 aliphatic heterocycles. The number of hydrogen-bond donors (Lipinski definition) is 1. The van der Waals surface area contributed by atoms with E-state index in [4.69, 9.17) is 5.11 Å². The minimum atomic E-state index is -1.46. The largest absolute Gasteiger partial charge is 0.478 e. The SMILES string of the molecule is CC1CCCN1c1ccc(C(=O)O)c(F)c1F. The number of carboxylic acids is 1. The monoisotopic (exact) mass is 241 g/mol. The number of benzene rings is 1. The van der Waals surface area contributed by atoms with Gasteiger partial charge in [-0.25, -0.2) is 13.6 Å². The van der Waals surface area contributed by atoms with Crippen molar-refractivity contribution >= 4 is 11.7 Å². The van der Waals surface area contributed by atoms with Crippen LogP contribution in [0.15, 0.2) is 12.1 Å². The van der Waals surface area contributed by atoms with Crippen LogP contribution in [0, 0.1) is 11.6 Å². The van der Waals surface area contributed by atoms with E-state index in [2.05, 4.69) is 0 Å². The minimum Gasteiger partial charge on any atom is -0.478 e. The van der Waals surface area contributed by atoms with E-state index < -0.39 is 23.2 Å². The second kappa shape index (κ2) is 4.31. The van der Waals surface area contributed by atoms with Gasteiger partial charge >= 0.3 is 5.97 Å². The maximum Gasteiger partial charge on any atom is 0.338 e. The van der Waals surface area contributed by atoms with Gasteiger partial charge in [0.15, 0.2) is 11.6 Å². The third-order valence-electron chi connectivity index (χ3n) is 3.15. The Hall–Kier alpha value is -1.65. The molecule has 1 atom stereocenters. The molecule has 17 heavy (non-hydrogen) atoms. The van der Waals surface area contributed by atoms with Gasteiger partial charge < -0.3 is 10.0 Å². The van der Waals surface area contributed by atoms with E-state index in [1.165, 1.54) is 6.07 Å². The highest BCUT2D eigenvalue weighted by molar-refractivity contribution is 5.88. The molecule has 1 aliphatic rings. The number of aromatic carboxylic acids is 1. The van der Waals surface area contributed by atoms with Crippen LogP contribution in [0.4, 0.5) is 14.5 Å². The molecule has 1 aromatic carbocycles. The second-order valence-corrected chi connectivity index (χ2v) is 4.25. The standard InChI is InChI=1S/C12H13F2NO2/c1-7-3-2-6-15(7)9-5-4-8(12(16)17)10(13)11(9)14/h4-5,7H,2-3,6H2,1H3,(H,16,17). The fourth-order valence-corrected chi connectivity index (χ4v) is 2.22. The maximum atomic E-state index is 13.8. The molecule has 1 aromatic rings. The smallest absolute Gasteiger partial charge is 0.338 e. The fourth-order valence-electron chi connectivity index (χ4n) is 2.22. The Morgan fingerprint density at radius 1 is 1.41 bits per heavy atom. The molecule has 0 spiro atoms. The van der Waals surface area contributed by atoms with Crippen LogP contribution < -0.4 is 4.90 Å². The molecule has 1 fully saturated rings. The van der Waals surface area contributed by atoms with Gasteiger partial charge in [-0.05, 0) is 31.9 Å². The molecule has 1 saturated heterocycles. The third-order valence-corrected chi connectivity index (χ3v) is 3.15. The number of carbonyl (C=O) groups is 1. The van der Waals surface area contributed by atoms with Crippen molar-refractivity contribution in [3.8, 4) is 0 Å². The number of anilines is 1. The Kier molecular flexibility index (Phi) is 3.00. The lowest BCUT2D eigenvalue weighted by atomic mass is 10.1. The van der Waals surface area contributed by atoms with E-state index in [1.54, 1.807) is 4.90 Å². The lowest BCUT2D eigenvalue weighted by Gasteiger charge is -2.24. The number of carboxylic acid groups (broad SMARTS) is 1. The molecule has 92 valence electrons. The van der Waals surface area contributed by atoms with Crippen molar-refractivity contribution in [1.29, 1.82) is 0 Å². The number of halogens is 2. The first kappa shape index (κ1) is 11.8. The van der Waals surface area contributed by atoms with Gasteiger partial charge in [-0.15, -0.1) is 0 Å². The molecule has 0 radical (unpaired) electrons. The molecule has 0 aliphatic carbocycles. The first-order valence-corrected chi connectivity index (χ1v) is 5.50. The van der Waals surface area contributed by atoms with Crippen LogP contribution in [-0.2, 0) is 0 Å². The topological polar surface area (TPSA) is 40.5 Å². The Morgan fingerprint density at radius 3 is 2.65 bits per heavy atom. The highest BCUT2D eigenvalue weighted by Crippen LogP contribution is 2.30. The van der Waals surface area contributed by atoms with Gasteiger partial charge in [-0.3, -0.25) is 0 Å². The second-order valence-electron chi connectivity index (χ2n) is 4.25. The molecular weight excluding hydrogens is 228 g/mol. The zero-order valence-electron chi connectivity index (χ0n) is 9.41. The van der Waals surface area contributed by atoms with Crippen molar-refractivity contribution < 1.29 is 18.7 Å². The van der Waals surface area contributed by atoms with Crippen molar-refractivity contribution in [2.45, 2.75) is 25.8 Å². The van der Waals surface area contributed by atoms with Crippen LogP contribution in [0.25, 0.3) is 0 Å². The average Bonchev–Trinajstić information content (AvgIpc) is 2.68. The van der Waals surface area contributed by atoms with Crippen LogP contribution in [0.1, 0.15) is 30.1 Å². The highest BCUT2D eigenvalue weighted by atomic mass is 19.2. The zero-order chi connectivity index (χ0) is 12.6. The van der Waals surface area contributed by atoms with Crippen molar-refractivity contribution in [3.63, 3.8) is 0 Å². The van der Waals surface area contributed by atoms with Crippen LogP contribution >= 0.6 is 0 Å². The van der Waals surface area contributed by atoms with Gasteiger partial charge in [-0.1, -0.05) is 0 Å². The summed E-state index contributed by atoms with van der Waals surface area (Å²) in [6, 6.07) is 2.60. The molecule has 1 heterocycles. The Labute approximate surface area is 97.7 Å². The van der Waals surface area contributed by atoms with E-state index in [9.17, 15) is 13.6 Å². The third kappa shape index (κ3) is 1.97. The average molecular weight is 241 g/mol. The molecule has 1 N–H and O–H groups in total. The lowest BCUT2D eigenvalue weighted by Crippen LogP contribution is -2.27. The predicted molar refractivity (Wildman–Crippen MR) is 59.4 cm³/mol. The van der Waals surface area contributed by atoms with Crippen molar-refractivity contribution in [1.82, 2.24) is 0 Å². The molecule has 0 saturated carbocycles. The number of rotatable bonds is 2. The van der Waals surface area contributed by atoms with E-state index in [0.29, 0.717) is 6.54 Å². The Morgan fingerprint density at radius 2 is 2.12 bits per heavy atom. The van der Waals surface area contributed by atoms with E-state index in [0.717, 1.165) is 18.9 Å². The summed E-state index contributed by atoms with van der Waals surface area (Å²) in [5.41, 5.74) is -0.476. The Balaban J connectivity index is 2.43. The number of hydrogen-bond acceptors (Lipinski definition) is 2. The molecule has 0 aromatic heterocycles. The zero-order valence-corrected chi connectivity index (χ0v) is 9.41. The summed E-state index contributed by atoms with van der Waals surface area (Å²) in [6.45, 7) is 2.61. The van der Waals surface area contributed by atoms with Gasteiger partial charge in [0, 0.05) is 12.6 Å². The fraction of sp³-hybridized carbons (Fsp3) is 0.417. The summed E-state index contributed by atoms with van der Waals surface area (Å²) in [7, 11) is 0. The molecule has 5 heteroatoms. The van der Waals surface area contributed by atoms with Crippen LogP contribution in [-0.4, -0.2) is 23.7 Å². The molecule has 0 bridgehead atoms. The first-order valence-electron chi connectivity index (χ1n) is 5.50. The predicted octanol–water partition coefficient (Wildman–Crippen LogP) is 2.65. The minimum absolute atomic E-state index is 0.150. The normalized spacial score (nSPS) is 19.7. The van der Waals surface area contributed by atoms with Crippen molar-refractivity contribution in [2.75, 3.05) is 11.4 Å². The van der Waals surface area contributed by atoms with E-state index in [-0.39, 0.29) is 11.7 Å². The van der Waals surface area contributed by atoms with Crippen molar-refractivity contribution in [3.05, 3.63) is 29.3 Å². The van der Waals surface area contributed by atoms with Gasteiger partial charge in [0.1, 0.15) is 0 Å². The number of nitrogens with zero attached hydrogens (tertiary/aromatic N) is 1. The molecule has 0 amide bonds. The molecule has 2 rings (SSSR count). The van der Waals surface area contributed by atoms with Crippen LogP contribution in [0.2, 0.25) is 0 Å². The highest BCUT2D eigenvalue weighted by Gasteiger charge is 2.26. The van der Waals surface area contributed by atoms with Gasteiger partial charge in [-0.2, -0.15) is 0 Å². The molecular formula is C12H13F2NO2. The van der Waals surface area contributed by atoms with Crippen molar-refractivity contribution in [2.24, 2.45) is 0 Å². The Bertz CT molecular complexity index is 462. The van der Waals surface area contributed by atoms with Crippen LogP contribution in [0.5, 0.6) is 0 Å². The van der Waals surface area contributed by atoms with Gasteiger partial charge in [0.25, 0.3) is 0 Å². The first-order chi connectivity index (χ1) is 8.02. The maximum absolute atomic E-state index is 13.8. The summed E-state index contributed by atoms with van der Waals surface area (Å²) < 4.78 is 27.3. The summed E-state index contributed by atoms with van der Waals surface area (Å²) >= 11 is 0. The summed E-state index contributed by atoms with van der Waals surface area (Å²) in [5, 5.41) is 8.68. The summed E-state index contributed by atoms with van der Waals surface area (Å²) in [4.78, 5) is 12.4. The summed E-state index contributed by atoms with van der Waals surface area (Å²) in [6.07, 6.45) is 1.87. The summed E-state index contributed by atoms with van der Waals surface area (Å²) in [5.74, 6) is -3.81.